The monoisotopic (exact) mass is 142 g/mol. The second kappa shape index (κ2) is 3.35. The fourth-order valence-electron chi connectivity index (χ4n) is 1.35. The predicted octanol–water partition coefficient (Wildman–Crippen LogP) is 0.990. The van der Waals surface area contributed by atoms with E-state index in [0.717, 1.165) is 6.04 Å². The number of hydrogen-bond donors (Lipinski definition) is 0. The maximum absolute atomic E-state index is 2.50. The summed E-state index contributed by atoms with van der Waals surface area (Å²) < 4.78 is 0. The fourth-order valence-corrected chi connectivity index (χ4v) is 1.35. The minimum Gasteiger partial charge on any atom is -0.289 e. The summed E-state index contributed by atoms with van der Waals surface area (Å²) in [6, 6.07) is 0.719. The van der Waals surface area contributed by atoms with E-state index in [9.17, 15) is 0 Å². The first-order chi connectivity index (χ1) is 4.74. The first-order valence-electron chi connectivity index (χ1n) is 4.20. The molecule has 1 saturated heterocycles. The molecule has 0 aliphatic carbocycles. The minimum atomic E-state index is 0.719. The molecule has 1 heterocycles. The van der Waals surface area contributed by atoms with Gasteiger partial charge in [0.1, 0.15) is 0 Å². The molecule has 1 aliphatic rings. The number of hydrogen-bond acceptors (Lipinski definition) is 2. The zero-order valence-electron chi connectivity index (χ0n) is 7.30. The smallest absolute Gasteiger partial charge is 0.0509 e. The van der Waals surface area contributed by atoms with E-state index in [1.165, 1.54) is 26.3 Å². The number of rotatable bonds is 2. The molecule has 0 N–H and O–H groups in total. The largest absolute Gasteiger partial charge is 0.289 e. The first-order valence-corrected chi connectivity index (χ1v) is 4.20. The summed E-state index contributed by atoms with van der Waals surface area (Å²) >= 11 is 0. The van der Waals surface area contributed by atoms with Gasteiger partial charge in [0.05, 0.1) is 6.67 Å². The Morgan fingerprint density at radius 3 is 2.30 bits per heavy atom. The van der Waals surface area contributed by atoms with Crippen molar-refractivity contribution in [3.8, 4) is 0 Å². The van der Waals surface area contributed by atoms with E-state index in [-0.39, 0.29) is 0 Å². The molecule has 0 bridgehead atoms. The van der Waals surface area contributed by atoms with Crippen LogP contribution < -0.4 is 0 Å². The summed E-state index contributed by atoms with van der Waals surface area (Å²) in [5, 5.41) is 0. The standard InChI is InChI=1S/C8H18N2/c1-4-9-5-6-10(7-9)8(2)3/h8H,4-7H2,1-3H3. The van der Waals surface area contributed by atoms with Gasteiger partial charge in [-0.2, -0.15) is 0 Å². The van der Waals surface area contributed by atoms with Crippen LogP contribution in [0.15, 0.2) is 0 Å². The van der Waals surface area contributed by atoms with Gasteiger partial charge < -0.3 is 0 Å². The molecule has 2 heteroatoms. The highest BCUT2D eigenvalue weighted by atomic mass is 15.4. The molecule has 0 radical (unpaired) electrons. The van der Waals surface area contributed by atoms with E-state index < -0.39 is 0 Å². The zero-order chi connectivity index (χ0) is 7.56. The quantitative estimate of drug-likeness (QED) is 0.567. The molecule has 10 heavy (non-hydrogen) atoms. The number of likely N-dealkylation sites (N-methyl/N-ethyl adjacent to an activating group) is 1. The van der Waals surface area contributed by atoms with Gasteiger partial charge >= 0.3 is 0 Å². The van der Waals surface area contributed by atoms with Crippen molar-refractivity contribution in [1.82, 2.24) is 9.80 Å². The Morgan fingerprint density at radius 2 is 2.00 bits per heavy atom. The van der Waals surface area contributed by atoms with Crippen molar-refractivity contribution in [2.24, 2.45) is 0 Å². The van der Waals surface area contributed by atoms with Crippen molar-refractivity contribution in [3.05, 3.63) is 0 Å². The molecule has 1 aliphatic heterocycles. The molecular weight excluding hydrogens is 124 g/mol. The second-order valence-electron chi connectivity index (χ2n) is 3.26. The lowest BCUT2D eigenvalue weighted by Gasteiger charge is -2.20. The third-order valence-corrected chi connectivity index (χ3v) is 2.26. The lowest BCUT2D eigenvalue weighted by atomic mass is 10.3. The van der Waals surface area contributed by atoms with Gasteiger partial charge in [-0.15, -0.1) is 0 Å². The van der Waals surface area contributed by atoms with Crippen molar-refractivity contribution in [2.75, 3.05) is 26.3 Å². The summed E-state index contributed by atoms with van der Waals surface area (Å²) in [5.41, 5.74) is 0. The van der Waals surface area contributed by atoms with Crippen LogP contribution in [-0.4, -0.2) is 42.1 Å². The maximum Gasteiger partial charge on any atom is 0.0509 e. The van der Waals surface area contributed by atoms with Gasteiger partial charge in [-0.3, -0.25) is 9.80 Å². The molecule has 0 unspecified atom stereocenters. The summed E-state index contributed by atoms with van der Waals surface area (Å²) in [6.07, 6.45) is 0. The molecule has 0 aromatic heterocycles. The molecule has 60 valence electrons. The maximum atomic E-state index is 2.50. The van der Waals surface area contributed by atoms with Gasteiger partial charge in [-0.1, -0.05) is 6.92 Å². The van der Waals surface area contributed by atoms with Gasteiger partial charge in [0.25, 0.3) is 0 Å². The summed E-state index contributed by atoms with van der Waals surface area (Å²) in [6.45, 7) is 11.6. The number of nitrogens with zero attached hydrogens (tertiary/aromatic N) is 2. The normalized spacial score (nSPS) is 22.8. The molecule has 0 aromatic rings. The Kier molecular flexibility index (Phi) is 2.69. The van der Waals surface area contributed by atoms with Crippen LogP contribution in [-0.2, 0) is 0 Å². The van der Waals surface area contributed by atoms with Crippen LogP contribution in [0.25, 0.3) is 0 Å². The van der Waals surface area contributed by atoms with Crippen molar-refractivity contribution in [1.29, 1.82) is 0 Å². The van der Waals surface area contributed by atoms with Crippen molar-refractivity contribution in [2.45, 2.75) is 26.8 Å². The summed E-state index contributed by atoms with van der Waals surface area (Å²) in [5.74, 6) is 0. The van der Waals surface area contributed by atoms with Gasteiger partial charge in [0, 0.05) is 19.1 Å². The molecule has 1 fully saturated rings. The summed E-state index contributed by atoms with van der Waals surface area (Å²) in [7, 11) is 0. The predicted molar refractivity (Wildman–Crippen MR) is 44.0 cm³/mol. The van der Waals surface area contributed by atoms with Crippen LogP contribution >= 0.6 is 0 Å². The highest BCUT2D eigenvalue weighted by molar-refractivity contribution is 4.72. The molecule has 0 amide bonds. The lowest BCUT2D eigenvalue weighted by molar-refractivity contribution is 0.216. The van der Waals surface area contributed by atoms with E-state index in [1.807, 2.05) is 0 Å². The Labute approximate surface area is 63.8 Å². The molecule has 1 rings (SSSR count). The van der Waals surface area contributed by atoms with Gasteiger partial charge in [0.2, 0.25) is 0 Å². The van der Waals surface area contributed by atoms with E-state index >= 15 is 0 Å². The third kappa shape index (κ3) is 1.70. The van der Waals surface area contributed by atoms with Crippen molar-refractivity contribution < 1.29 is 0 Å². The average molecular weight is 142 g/mol. The van der Waals surface area contributed by atoms with Crippen LogP contribution in [0.1, 0.15) is 20.8 Å². The Bertz CT molecular complexity index is 101. The average Bonchev–Trinajstić information content (AvgIpc) is 2.34. The third-order valence-electron chi connectivity index (χ3n) is 2.26. The molecular formula is C8H18N2. The van der Waals surface area contributed by atoms with Crippen molar-refractivity contribution in [3.63, 3.8) is 0 Å². The van der Waals surface area contributed by atoms with Crippen LogP contribution in [0.4, 0.5) is 0 Å². The molecule has 2 nitrogen and oxygen atoms in total. The van der Waals surface area contributed by atoms with E-state index in [4.69, 9.17) is 0 Å². The summed E-state index contributed by atoms with van der Waals surface area (Å²) in [4.78, 5) is 4.98. The highest BCUT2D eigenvalue weighted by Gasteiger charge is 2.19. The molecule has 0 atom stereocenters. The zero-order valence-corrected chi connectivity index (χ0v) is 7.30. The van der Waals surface area contributed by atoms with Crippen LogP contribution in [0, 0.1) is 0 Å². The fraction of sp³-hybridized carbons (Fsp3) is 1.00. The van der Waals surface area contributed by atoms with Gasteiger partial charge in [0.15, 0.2) is 0 Å². The lowest BCUT2D eigenvalue weighted by Crippen LogP contribution is -2.30. The van der Waals surface area contributed by atoms with E-state index in [0.29, 0.717) is 0 Å². The van der Waals surface area contributed by atoms with E-state index in [1.54, 1.807) is 0 Å². The van der Waals surface area contributed by atoms with Crippen LogP contribution in [0.2, 0.25) is 0 Å². The Morgan fingerprint density at radius 1 is 1.30 bits per heavy atom. The molecule has 0 aromatic carbocycles. The Hall–Kier alpha value is -0.0800. The molecule has 0 spiro atoms. The van der Waals surface area contributed by atoms with Crippen LogP contribution in [0.5, 0.6) is 0 Å². The van der Waals surface area contributed by atoms with Gasteiger partial charge in [-0.05, 0) is 20.4 Å². The Balaban J connectivity index is 2.28. The minimum absolute atomic E-state index is 0.719. The van der Waals surface area contributed by atoms with Crippen LogP contribution in [0.3, 0.4) is 0 Å². The first kappa shape index (κ1) is 8.02. The molecule has 0 saturated carbocycles. The second-order valence-corrected chi connectivity index (χ2v) is 3.26. The highest BCUT2D eigenvalue weighted by Crippen LogP contribution is 2.07. The topological polar surface area (TPSA) is 6.48 Å². The van der Waals surface area contributed by atoms with E-state index in [2.05, 4.69) is 30.6 Å². The SMILES string of the molecule is CCN1CCN(C(C)C)C1. The van der Waals surface area contributed by atoms with Gasteiger partial charge in [-0.25, -0.2) is 0 Å². The van der Waals surface area contributed by atoms with Crippen molar-refractivity contribution >= 4 is 0 Å².